The molecule has 0 amide bonds. The number of aryl methyl sites for hydroxylation is 1. The lowest BCUT2D eigenvalue weighted by Crippen LogP contribution is -2.20. The molecule has 0 spiro atoms. The van der Waals surface area contributed by atoms with E-state index in [2.05, 4.69) is 163 Å². The largest absolute Gasteiger partial charge is 0.333 e. The van der Waals surface area contributed by atoms with Crippen molar-refractivity contribution < 1.29 is 0 Å². The van der Waals surface area contributed by atoms with Crippen LogP contribution >= 0.6 is 0 Å². The van der Waals surface area contributed by atoms with Gasteiger partial charge in [-0.15, -0.1) is 0 Å². The molecule has 0 fully saturated rings. The number of aromatic nitrogens is 2. The summed E-state index contributed by atoms with van der Waals surface area (Å²) < 4.78 is 2.33. The van der Waals surface area contributed by atoms with Crippen LogP contribution < -0.4 is 4.90 Å². The van der Waals surface area contributed by atoms with E-state index in [-0.39, 0.29) is 6.04 Å². The molecule has 8 rings (SSSR count). The second kappa shape index (κ2) is 11.8. The number of fused-ring (bicyclic) bond motifs is 2. The summed E-state index contributed by atoms with van der Waals surface area (Å²) in [6.45, 7) is 4.25. The molecule has 46 heavy (non-hydrogen) atoms. The molecule has 224 valence electrons. The van der Waals surface area contributed by atoms with Gasteiger partial charge in [-0.1, -0.05) is 78.9 Å². The van der Waals surface area contributed by atoms with Crippen LogP contribution in [0.3, 0.4) is 0 Å². The fraction of sp³-hybridized carbons (Fsp3) is 0.143. The van der Waals surface area contributed by atoms with E-state index in [1.165, 1.54) is 28.2 Å². The predicted octanol–water partition coefficient (Wildman–Crippen LogP) is 10.8. The summed E-state index contributed by atoms with van der Waals surface area (Å²) >= 11 is 0. The number of nitrogens with zero attached hydrogens (tertiary/aromatic N) is 4. The van der Waals surface area contributed by atoms with E-state index in [0.717, 1.165) is 64.2 Å². The minimum atomic E-state index is 0.122. The number of hydrogen-bond donors (Lipinski definition) is 0. The highest BCUT2D eigenvalue weighted by molar-refractivity contribution is 6.02. The minimum absolute atomic E-state index is 0.122. The third-order valence-corrected chi connectivity index (χ3v) is 9.22. The predicted molar refractivity (Wildman–Crippen MR) is 192 cm³/mol. The second-order valence-corrected chi connectivity index (χ2v) is 12.2. The summed E-state index contributed by atoms with van der Waals surface area (Å²) in [6.07, 6.45) is 9.85. The fourth-order valence-electron chi connectivity index (χ4n) is 6.92. The van der Waals surface area contributed by atoms with Gasteiger partial charge in [-0.25, -0.2) is 4.98 Å². The number of anilines is 2. The molecule has 0 saturated carbocycles. The first-order valence-electron chi connectivity index (χ1n) is 16.2. The van der Waals surface area contributed by atoms with Crippen LogP contribution in [0.1, 0.15) is 48.1 Å². The fourth-order valence-corrected chi connectivity index (χ4v) is 6.92. The molecule has 4 heteroatoms. The second-order valence-electron chi connectivity index (χ2n) is 12.2. The van der Waals surface area contributed by atoms with E-state index in [4.69, 9.17) is 9.98 Å². The van der Waals surface area contributed by atoms with Crippen molar-refractivity contribution in [3.05, 3.63) is 162 Å². The molecule has 0 saturated heterocycles. The first-order chi connectivity index (χ1) is 22.6. The Kier molecular flexibility index (Phi) is 7.18. The van der Waals surface area contributed by atoms with E-state index < -0.39 is 0 Å². The third-order valence-electron chi connectivity index (χ3n) is 9.22. The Morgan fingerprint density at radius 1 is 0.804 bits per heavy atom. The van der Waals surface area contributed by atoms with Crippen molar-refractivity contribution in [3.63, 3.8) is 0 Å². The topological polar surface area (TPSA) is 33.4 Å². The Morgan fingerprint density at radius 3 is 2.43 bits per heavy atom. The maximum absolute atomic E-state index is 5.28. The van der Waals surface area contributed by atoms with Gasteiger partial charge in [-0.3, -0.25) is 9.56 Å². The standard InChI is InChI=1S/C42H36N4/c1-29-15-9-11-21-37(29)43-30(2)32-25-33(41-28-31-16-10-13-23-39(31)45(41)35-17-5-3-6-18-35)27-34(26-32)42-44-38-22-12-14-24-40(38)46(42)36-19-7-4-8-20-36/h3,5-7,9-27,41H,4,8,28H2,1-2H3/b43-30+. The monoisotopic (exact) mass is 596 g/mol. The molecule has 1 aliphatic carbocycles. The van der Waals surface area contributed by atoms with Gasteiger partial charge in [-0.2, -0.15) is 0 Å². The van der Waals surface area contributed by atoms with Crippen molar-refractivity contribution in [1.29, 1.82) is 0 Å². The smallest absolute Gasteiger partial charge is 0.145 e. The van der Waals surface area contributed by atoms with Crippen LogP contribution in [-0.2, 0) is 6.42 Å². The van der Waals surface area contributed by atoms with Gasteiger partial charge in [-0.05, 0) is 116 Å². The highest BCUT2D eigenvalue weighted by Crippen LogP contribution is 2.46. The molecular weight excluding hydrogens is 560 g/mol. The van der Waals surface area contributed by atoms with Crippen molar-refractivity contribution in [2.45, 2.75) is 39.2 Å². The highest BCUT2D eigenvalue weighted by atomic mass is 15.2. The average Bonchev–Trinajstić information content (AvgIpc) is 3.69. The molecule has 4 nitrogen and oxygen atoms in total. The highest BCUT2D eigenvalue weighted by Gasteiger charge is 2.32. The van der Waals surface area contributed by atoms with Crippen LogP contribution in [-0.4, -0.2) is 15.3 Å². The van der Waals surface area contributed by atoms with E-state index in [9.17, 15) is 0 Å². The summed E-state index contributed by atoms with van der Waals surface area (Å²) in [5, 5.41) is 0. The van der Waals surface area contributed by atoms with Crippen molar-refractivity contribution >= 4 is 39.5 Å². The van der Waals surface area contributed by atoms with E-state index in [1.807, 2.05) is 0 Å². The molecule has 5 aromatic carbocycles. The van der Waals surface area contributed by atoms with Gasteiger partial charge in [0.2, 0.25) is 0 Å². The Labute approximate surface area is 270 Å². The Balaban J connectivity index is 1.35. The number of aliphatic imine (C=N–C) groups is 1. The normalized spacial score (nSPS) is 16.1. The molecular formula is C42H36N4. The first-order valence-corrected chi connectivity index (χ1v) is 16.2. The summed E-state index contributed by atoms with van der Waals surface area (Å²) in [5.41, 5.74) is 13.7. The van der Waals surface area contributed by atoms with Crippen LogP contribution in [0.15, 0.2) is 145 Å². The van der Waals surface area contributed by atoms with Crippen molar-refractivity contribution in [2.24, 2.45) is 4.99 Å². The molecule has 0 N–H and O–H groups in total. The van der Waals surface area contributed by atoms with Crippen LogP contribution in [0.4, 0.5) is 17.1 Å². The molecule has 0 bridgehead atoms. The Bertz CT molecular complexity index is 2170. The van der Waals surface area contributed by atoms with Gasteiger partial charge in [0.1, 0.15) is 5.82 Å². The molecule has 2 heterocycles. The maximum atomic E-state index is 5.28. The molecule has 1 unspecified atom stereocenters. The van der Waals surface area contributed by atoms with Gasteiger partial charge in [0.15, 0.2) is 0 Å². The summed E-state index contributed by atoms with van der Waals surface area (Å²) in [7, 11) is 0. The quantitative estimate of drug-likeness (QED) is 0.179. The number of hydrogen-bond acceptors (Lipinski definition) is 3. The third kappa shape index (κ3) is 5.06. The summed E-state index contributed by atoms with van der Waals surface area (Å²) in [6, 6.07) is 43.5. The number of imidazole rings is 1. The van der Waals surface area contributed by atoms with Crippen molar-refractivity contribution in [3.8, 4) is 11.4 Å². The number of allylic oxidation sites excluding steroid dienone is 4. The van der Waals surface area contributed by atoms with Gasteiger partial charge in [0.05, 0.1) is 22.8 Å². The number of rotatable bonds is 6. The zero-order chi connectivity index (χ0) is 31.0. The van der Waals surface area contributed by atoms with E-state index in [0.29, 0.717) is 0 Å². The first kappa shape index (κ1) is 28.0. The number of para-hydroxylation sites is 5. The number of benzene rings is 5. The molecule has 2 aliphatic rings. The van der Waals surface area contributed by atoms with Crippen molar-refractivity contribution in [2.75, 3.05) is 4.90 Å². The van der Waals surface area contributed by atoms with Crippen LogP contribution in [0.2, 0.25) is 0 Å². The Hall–Kier alpha value is -5.48. The average molecular weight is 597 g/mol. The lowest BCUT2D eigenvalue weighted by molar-refractivity contribution is 0.743. The lowest BCUT2D eigenvalue weighted by Gasteiger charge is -2.29. The maximum Gasteiger partial charge on any atom is 0.145 e. The zero-order valence-electron chi connectivity index (χ0n) is 26.3. The molecule has 1 aliphatic heterocycles. The molecule has 1 aromatic heterocycles. The Morgan fingerprint density at radius 2 is 1.59 bits per heavy atom. The van der Waals surface area contributed by atoms with Gasteiger partial charge < -0.3 is 4.90 Å². The zero-order valence-corrected chi connectivity index (χ0v) is 26.3. The van der Waals surface area contributed by atoms with Crippen LogP contribution in [0.5, 0.6) is 0 Å². The lowest BCUT2D eigenvalue weighted by atomic mass is 9.95. The van der Waals surface area contributed by atoms with Gasteiger partial charge in [0, 0.05) is 28.3 Å². The van der Waals surface area contributed by atoms with Crippen molar-refractivity contribution in [1.82, 2.24) is 9.55 Å². The van der Waals surface area contributed by atoms with Crippen LogP contribution in [0.25, 0.3) is 28.1 Å². The molecule has 1 atom stereocenters. The molecule has 6 aromatic rings. The van der Waals surface area contributed by atoms with Crippen LogP contribution in [0, 0.1) is 6.92 Å². The van der Waals surface area contributed by atoms with Gasteiger partial charge in [0.25, 0.3) is 0 Å². The SMILES string of the molecule is C/C(=N\c1ccccc1C)c1cc(-c2nc3ccccc3n2C2=CCCC=C2)cc(C2Cc3ccccc3N2c2ccccc2)c1. The summed E-state index contributed by atoms with van der Waals surface area (Å²) in [4.78, 5) is 12.9. The van der Waals surface area contributed by atoms with E-state index >= 15 is 0 Å². The molecule has 0 radical (unpaired) electrons. The summed E-state index contributed by atoms with van der Waals surface area (Å²) in [5.74, 6) is 0.951. The van der Waals surface area contributed by atoms with E-state index in [1.54, 1.807) is 0 Å². The minimum Gasteiger partial charge on any atom is -0.333 e. The van der Waals surface area contributed by atoms with Gasteiger partial charge >= 0.3 is 0 Å².